The van der Waals surface area contributed by atoms with Gasteiger partial charge in [0.15, 0.2) is 0 Å². The predicted molar refractivity (Wildman–Crippen MR) is 145 cm³/mol. The Balaban J connectivity index is 1.19. The van der Waals surface area contributed by atoms with Gasteiger partial charge in [-0.05, 0) is 30.3 Å². The minimum absolute atomic E-state index is 0.147. The van der Waals surface area contributed by atoms with Crippen LogP contribution in [0.4, 0.5) is 14.6 Å². The van der Waals surface area contributed by atoms with E-state index in [9.17, 15) is 19.1 Å². The highest BCUT2D eigenvalue weighted by Gasteiger charge is 2.24. The van der Waals surface area contributed by atoms with E-state index in [1.54, 1.807) is 27.8 Å². The molecule has 1 fully saturated rings. The van der Waals surface area contributed by atoms with E-state index in [1.165, 1.54) is 6.07 Å². The first-order valence-corrected chi connectivity index (χ1v) is 12.9. The molecule has 1 atom stereocenters. The highest BCUT2D eigenvalue weighted by atomic mass is 19.1. The van der Waals surface area contributed by atoms with Crippen molar-refractivity contribution in [3.63, 3.8) is 0 Å². The summed E-state index contributed by atoms with van der Waals surface area (Å²) in [4.78, 5) is 8.85. The summed E-state index contributed by atoms with van der Waals surface area (Å²) in [6, 6.07) is 11.8. The lowest BCUT2D eigenvalue weighted by Crippen LogP contribution is -2.47. The number of nitrogens with zero attached hydrogens (tertiary/aromatic N) is 8. The number of piperazine rings is 1. The summed E-state index contributed by atoms with van der Waals surface area (Å²) in [5, 5.41) is 28.8. The second kappa shape index (κ2) is 10.5. The number of anilines is 1. The fourth-order valence-corrected chi connectivity index (χ4v) is 5.21. The summed E-state index contributed by atoms with van der Waals surface area (Å²) in [7, 11) is 1.86. The first kappa shape index (κ1) is 25.6. The van der Waals surface area contributed by atoms with Gasteiger partial charge in [-0.25, -0.2) is 18.3 Å². The molecule has 0 aliphatic carbocycles. The molecule has 5 heterocycles. The van der Waals surface area contributed by atoms with E-state index >= 15 is 0 Å². The number of pyridine rings is 2. The van der Waals surface area contributed by atoms with Gasteiger partial charge in [0.25, 0.3) is 0 Å². The van der Waals surface area contributed by atoms with E-state index in [0.29, 0.717) is 37.3 Å². The number of β-amino-alcohol motifs (C(OH)–C–C–N with tert-alkyl or cyclic N) is 1. The molecule has 1 N–H and O–H groups in total. The monoisotopic (exact) mass is 540 g/mol. The molecule has 11 heteroatoms. The maximum atomic E-state index is 14.1. The van der Waals surface area contributed by atoms with Crippen LogP contribution in [-0.4, -0.2) is 67.1 Å². The Bertz CT molecular complexity index is 1690. The Morgan fingerprint density at radius 3 is 2.38 bits per heavy atom. The predicted octanol–water partition coefficient (Wildman–Crippen LogP) is 3.80. The highest BCUT2D eigenvalue weighted by Crippen LogP contribution is 2.32. The van der Waals surface area contributed by atoms with Gasteiger partial charge in [0, 0.05) is 80.6 Å². The van der Waals surface area contributed by atoms with Crippen molar-refractivity contribution in [3.8, 4) is 28.3 Å². The molecule has 1 aliphatic heterocycles. The van der Waals surface area contributed by atoms with E-state index in [-0.39, 0.29) is 12.1 Å². The maximum Gasteiger partial charge on any atom is 0.131 e. The van der Waals surface area contributed by atoms with Crippen LogP contribution in [0.15, 0.2) is 67.4 Å². The Hall–Kier alpha value is -4.66. The maximum absolute atomic E-state index is 14.1. The molecule has 1 saturated heterocycles. The lowest BCUT2D eigenvalue weighted by molar-refractivity contribution is 0.103. The summed E-state index contributed by atoms with van der Waals surface area (Å²) in [5.41, 5.74) is 4.44. The highest BCUT2D eigenvalue weighted by molar-refractivity contribution is 5.87. The van der Waals surface area contributed by atoms with Crippen molar-refractivity contribution in [2.45, 2.75) is 6.10 Å². The van der Waals surface area contributed by atoms with Crippen molar-refractivity contribution < 1.29 is 13.9 Å². The fourth-order valence-electron chi connectivity index (χ4n) is 5.21. The number of aliphatic hydroxyl groups is 1. The van der Waals surface area contributed by atoms with Crippen molar-refractivity contribution in [3.05, 3.63) is 90.1 Å². The van der Waals surface area contributed by atoms with Gasteiger partial charge in [-0.3, -0.25) is 9.58 Å². The summed E-state index contributed by atoms with van der Waals surface area (Å²) in [6.07, 6.45) is 7.70. The summed E-state index contributed by atoms with van der Waals surface area (Å²) < 4.78 is 31.6. The van der Waals surface area contributed by atoms with Crippen LogP contribution in [0.5, 0.6) is 0 Å². The smallest absolute Gasteiger partial charge is 0.131 e. The molecule has 40 heavy (non-hydrogen) atoms. The van der Waals surface area contributed by atoms with Gasteiger partial charge in [-0.1, -0.05) is 6.07 Å². The molecule has 1 aromatic carbocycles. The number of aryl methyl sites for hydroxylation is 1. The summed E-state index contributed by atoms with van der Waals surface area (Å²) in [6.45, 7) is 2.69. The van der Waals surface area contributed by atoms with Gasteiger partial charge in [0.05, 0.1) is 35.1 Å². The Kier molecular flexibility index (Phi) is 6.71. The number of fused-ring (bicyclic) bond motifs is 1. The third kappa shape index (κ3) is 4.79. The topological polar surface area (TPSA) is 98.5 Å². The molecule has 6 rings (SSSR count). The number of aliphatic hydroxyl groups excluding tert-OH is 1. The molecule has 0 amide bonds. The molecular formula is C29H26F2N8O. The number of hydrogen-bond donors (Lipinski definition) is 1. The number of rotatable bonds is 6. The molecule has 0 radical (unpaired) electrons. The van der Waals surface area contributed by atoms with E-state index < -0.39 is 17.7 Å². The first-order valence-electron chi connectivity index (χ1n) is 12.9. The van der Waals surface area contributed by atoms with Crippen LogP contribution in [0.3, 0.4) is 0 Å². The zero-order chi connectivity index (χ0) is 27.8. The van der Waals surface area contributed by atoms with Crippen molar-refractivity contribution in [1.29, 1.82) is 5.26 Å². The molecule has 5 aromatic rings. The minimum atomic E-state index is -1.24. The van der Waals surface area contributed by atoms with Gasteiger partial charge >= 0.3 is 0 Å². The number of benzene rings is 1. The molecule has 4 aromatic heterocycles. The van der Waals surface area contributed by atoms with Crippen LogP contribution in [-0.2, 0) is 7.05 Å². The first-order chi connectivity index (χ1) is 19.4. The quantitative estimate of drug-likeness (QED) is 0.350. The fraction of sp³-hybridized carbons (Fsp3) is 0.241. The third-order valence-corrected chi connectivity index (χ3v) is 7.29. The van der Waals surface area contributed by atoms with Gasteiger partial charge in [0.1, 0.15) is 23.5 Å². The van der Waals surface area contributed by atoms with Gasteiger partial charge < -0.3 is 10.0 Å². The number of hydrogen-bond acceptors (Lipinski definition) is 7. The average molecular weight is 541 g/mol. The van der Waals surface area contributed by atoms with E-state index in [4.69, 9.17) is 4.98 Å². The largest absolute Gasteiger partial charge is 0.387 e. The number of aromatic nitrogens is 5. The molecule has 202 valence electrons. The standard InChI is InChI=1S/C29H26F2N8O/c1-36-16-22(15-34-36)20-11-23(29-21(12-32)14-35-39(29)17-20)19-5-6-27(33-13-19)38-9-7-37(8-10-38)18-26(40)28-24(30)3-2-4-25(28)31/h2-6,11,13-17,26,40H,7-10,18H2,1H3. The second-order valence-corrected chi connectivity index (χ2v) is 9.85. The van der Waals surface area contributed by atoms with Crippen molar-refractivity contribution in [2.75, 3.05) is 37.6 Å². The van der Waals surface area contributed by atoms with Crippen LogP contribution < -0.4 is 4.90 Å². The van der Waals surface area contributed by atoms with Crippen LogP contribution in [0, 0.1) is 23.0 Å². The molecule has 0 saturated carbocycles. The van der Waals surface area contributed by atoms with Gasteiger partial charge in [-0.15, -0.1) is 0 Å². The average Bonchev–Trinajstić information content (AvgIpc) is 3.59. The number of halogens is 2. The Labute approximate surface area is 229 Å². The van der Waals surface area contributed by atoms with Gasteiger partial charge in [-0.2, -0.15) is 15.5 Å². The summed E-state index contributed by atoms with van der Waals surface area (Å²) >= 11 is 0. The molecule has 9 nitrogen and oxygen atoms in total. The molecule has 1 aliphatic rings. The molecule has 0 bridgehead atoms. The Morgan fingerprint density at radius 1 is 0.950 bits per heavy atom. The second-order valence-electron chi connectivity index (χ2n) is 9.85. The molecule has 1 unspecified atom stereocenters. The van der Waals surface area contributed by atoms with Crippen LogP contribution in [0.25, 0.3) is 27.8 Å². The zero-order valence-corrected chi connectivity index (χ0v) is 21.7. The van der Waals surface area contributed by atoms with Crippen LogP contribution in [0.1, 0.15) is 17.2 Å². The Morgan fingerprint density at radius 2 is 1.73 bits per heavy atom. The zero-order valence-electron chi connectivity index (χ0n) is 21.7. The van der Waals surface area contributed by atoms with E-state index in [2.05, 4.69) is 21.2 Å². The van der Waals surface area contributed by atoms with E-state index in [0.717, 1.165) is 40.2 Å². The lowest BCUT2D eigenvalue weighted by atomic mass is 10.0. The number of nitriles is 1. The van der Waals surface area contributed by atoms with Crippen molar-refractivity contribution in [1.82, 2.24) is 29.3 Å². The van der Waals surface area contributed by atoms with Crippen molar-refractivity contribution >= 4 is 11.3 Å². The van der Waals surface area contributed by atoms with Crippen molar-refractivity contribution in [2.24, 2.45) is 7.05 Å². The van der Waals surface area contributed by atoms with Gasteiger partial charge in [0.2, 0.25) is 0 Å². The lowest BCUT2D eigenvalue weighted by Gasteiger charge is -2.36. The van der Waals surface area contributed by atoms with E-state index in [1.807, 2.05) is 42.5 Å². The molecular weight excluding hydrogens is 514 g/mol. The van der Waals surface area contributed by atoms with Crippen LogP contribution >= 0.6 is 0 Å². The molecule has 0 spiro atoms. The SMILES string of the molecule is Cn1cc(-c2cc(-c3ccc(N4CCN(CC(O)c5c(F)cccc5F)CC4)nc3)c3c(C#N)cnn3c2)cn1. The third-order valence-electron chi connectivity index (χ3n) is 7.29. The summed E-state index contributed by atoms with van der Waals surface area (Å²) in [5.74, 6) is -0.675. The van der Waals surface area contributed by atoms with Crippen LogP contribution in [0.2, 0.25) is 0 Å². The normalized spacial score (nSPS) is 14.9. The minimum Gasteiger partial charge on any atom is -0.387 e.